The third kappa shape index (κ3) is 3.90. The highest BCUT2D eigenvalue weighted by molar-refractivity contribution is 5.97. The summed E-state index contributed by atoms with van der Waals surface area (Å²) in [6.07, 6.45) is 5.49. The average molecular weight is 393 g/mol. The summed E-state index contributed by atoms with van der Waals surface area (Å²) in [5, 5.41) is 7.04. The van der Waals surface area contributed by atoms with E-state index in [-0.39, 0.29) is 17.9 Å². The summed E-state index contributed by atoms with van der Waals surface area (Å²) < 4.78 is 1.91. The van der Waals surface area contributed by atoms with Crippen LogP contribution in [0.2, 0.25) is 0 Å². The molecule has 0 unspecified atom stereocenters. The van der Waals surface area contributed by atoms with Crippen molar-refractivity contribution in [3.05, 3.63) is 53.2 Å². The summed E-state index contributed by atoms with van der Waals surface area (Å²) in [4.78, 5) is 33.1. The smallest absolute Gasteiger partial charge is 0.287 e. The topological polar surface area (TPSA) is 91.8 Å². The monoisotopic (exact) mass is 393 g/mol. The number of amides is 2. The Bertz CT molecular complexity index is 1050. The van der Waals surface area contributed by atoms with Crippen LogP contribution in [0.4, 0.5) is 0 Å². The quantitative estimate of drug-likeness (QED) is 0.601. The Labute approximate surface area is 169 Å². The van der Waals surface area contributed by atoms with Crippen molar-refractivity contribution in [3.8, 4) is 0 Å². The lowest BCUT2D eigenvalue weighted by Crippen LogP contribution is -2.33. The molecule has 3 aromatic rings. The SMILES string of the molecule is CC(C)NC(=O)c1nc(C(=O)NCCc2c[nH]c3ccccc23)c2n1CCCC2. The molecule has 3 N–H and O–H groups in total. The number of hydrogen-bond acceptors (Lipinski definition) is 3. The molecule has 7 heteroatoms. The first-order valence-corrected chi connectivity index (χ1v) is 10.3. The molecule has 1 aliphatic heterocycles. The van der Waals surface area contributed by atoms with Crippen molar-refractivity contribution in [2.45, 2.75) is 52.1 Å². The summed E-state index contributed by atoms with van der Waals surface area (Å²) in [7, 11) is 0. The van der Waals surface area contributed by atoms with E-state index in [0.717, 1.165) is 43.4 Å². The van der Waals surface area contributed by atoms with Crippen molar-refractivity contribution in [2.75, 3.05) is 6.54 Å². The van der Waals surface area contributed by atoms with Crippen LogP contribution in [0.3, 0.4) is 0 Å². The number of hydrogen-bond donors (Lipinski definition) is 3. The minimum absolute atomic E-state index is 0.0208. The average Bonchev–Trinajstić information content (AvgIpc) is 3.29. The van der Waals surface area contributed by atoms with Gasteiger partial charge in [-0.05, 0) is 51.2 Å². The highest BCUT2D eigenvalue weighted by Crippen LogP contribution is 2.22. The molecule has 1 aliphatic rings. The van der Waals surface area contributed by atoms with Crippen molar-refractivity contribution < 1.29 is 9.59 Å². The molecular formula is C22H27N5O2. The lowest BCUT2D eigenvalue weighted by atomic mass is 10.1. The summed E-state index contributed by atoms with van der Waals surface area (Å²) >= 11 is 0. The molecule has 0 atom stereocenters. The molecule has 0 saturated carbocycles. The van der Waals surface area contributed by atoms with Gasteiger partial charge in [0.2, 0.25) is 0 Å². The Morgan fingerprint density at radius 1 is 1.21 bits per heavy atom. The van der Waals surface area contributed by atoms with Crippen LogP contribution in [0, 0.1) is 0 Å². The minimum Gasteiger partial charge on any atom is -0.361 e. The molecule has 0 fully saturated rings. The molecule has 2 aromatic heterocycles. The fourth-order valence-electron chi connectivity index (χ4n) is 3.96. The van der Waals surface area contributed by atoms with Gasteiger partial charge in [0.05, 0.1) is 5.69 Å². The predicted molar refractivity (Wildman–Crippen MR) is 112 cm³/mol. The van der Waals surface area contributed by atoms with Gasteiger partial charge in [0.25, 0.3) is 11.8 Å². The summed E-state index contributed by atoms with van der Waals surface area (Å²) in [5.41, 5.74) is 3.52. The zero-order chi connectivity index (χ0) is 20.4. The maximum atomic E-state index is 12.8. The highest BCUT2D eigenvalue weighted by atomic mass is 16.2. The van der Waals surface area contributed by atoms with Gasteiger partial charge in [0.15, 0.2) is 5.82 Å². The second kappa shape index (κ2) is 8.11. The standard InChI is InChI=1S/C22H27N5O2/c1-14(2)25-22(29)20-26-19(18-9-5-6-12-27(18)20)21(28)23-11-10-15-13-24-17-8-4-3-7-16(15)17/h3-4,7-8,13-14,24H,5-6,9-12H2,1-2H3,(H,23,28)(H,25,29). The van der Waals surface area contributed by atoms with Gasteiger partial charge in [0, 0.05) is 36.2 Å². The zero-order valence-electron chi connectivity index (χ0n) is 16.9. The van der Waals surface area contributed by atoms with Gasteiger partial charge in [-0.3, -0.25) is 9.59 Å². The molecule has 152 valence electrons. The van der Waals surface area contributed by atoms with Gasteiger partial charge in [0.1, 0.15) is 5.69 Å². The molecule has 7 nitrogen and oxygen atoms in total. The molecule has 2 amide bonds. The second-order valence-corrected chi connectivity index (χ2v) is 7.83. The van der Waals surface area contributed by atoms with Gasteiger partial charge < -0.3 is 20.2 Å². The first-order chi connectivity index (χ1) is 14.0. The summed E-state index contributed by atoms with van der Waals surface area (Å²) in [5.74, 6) is -0.0877. The number of H-pyrrole nitrogens is 1. The Morgan fingerprint density at radius 3 is 2.86 bits per heavy atom. The Morgan fingerprint density at radius 2 is 2.03 bits per heavy atom. The van der Waals surface area contributed by atoms with Crippen LogP contribution >= 0.6 is 0 Å². The number of aromatic amines is 1. The molecule has 29 heavy (non-hydrogen) atoms. The molecule has 0 bridgehead atoms. The normalized spacial score (nSPS) is 13.5. The third-order valence-corrected chi connectivity index (χ3v) is 5.31. The van der Waals surface area contributed by atoms with Crippen LogP contribution in [-0.2, 0) is 19.4 Å². The summed E-state index contributed by atoms with van der Waals surface area (Å²) in [6, 6.07) is 8.15. The van der Waals surface area contributed by atoms with Crippen LogP contribution < -0.4 is 10.6 Å². The molecule has 3 heterocycles. The number of imidazole rings is 1. The molecular weight excluding hydrogens is 366 g/mol. The van der Waals surface area contributed by atoms with Crippen molar-refractivity contribution in [2.24, 2.45) is 0 Å². The van der Waals surface area contributed by atoms with Crippen LogP contribution in [0.25, 0.3) is 10.9 Å². The number of fused-ring (bicyclic) bond motifs is 2. The first-order valence-electron chi connectivity index (χ1n) is 10.3. The Balaban J connectivity index is 1.48. The van der Waals surface area contributed by atoms with Crippen LogP contribution in [0.5, 0.6) is 0 Å². The fraction of sp³-hybridized carbons (Fsp3) is 0.409. The van der Waals surface area contributed by atoms with Crippen molar-refractivity contribution in [1.82, 2.24) is 25.2 Å². The Kier molecular flexibility index (Phi) is 5.38. The van der Waals surface area contributed by atoms with Gasteiger partial charge in [-0.1, -0.05) is 18.2 Å². The minimum atomic E-state index is -0.221. The van der Waals surface area contributed by atoms with Crippen LogP contribution in [0.15, 0.2) is 30.5 Å². The van der Waals surface area contributed by atoms with Crippen molar-refractivity contribution >= 4 is 22.7 Å². The van der Waals surface area contributed by atoms with E-state index in [1.54, 1.807) is 0 Å². The maximum Gasteiger partial charge on any atom is 0.287 e. The van der Waals surface area contributed by atoms with Crippen molar-refractivity contribution in [3.63, 3.8) is 0 Å². The van der Waals surface area contributed by atoms with E-state index < -0.39 is 0 Å². The van der Waals surface area contributed by atoms with E-state index in [1.165, 1.54) is 10.9 Å². The van der Waals surface area contributed by atoms with E-state index in [2.05, 4.69) is 26.7 Å². The van der Waals surface area contributed by atoms with Gasteiger partial charge in [-0.25, -0.2) is 4.98 Å². The maximum absolute atomic E-state index is 12.8. The number of carbonyl (C=O) groups excluding carboxylic acids is 2. The lowest BCUT2D eigenvalue weighted by molar-refractivity contribution is 0.0927. The van der Waals surface area contributed by atoms with E-state index in [0.29, 0.717) is 18.1 Å². The van der Waals surface area contributed by atoms with Gasteiger partial charge in [-0.2, -0.15) is 0 Å². The summed E-state index contributed by atoms with van der Waals surface area (Å²) in [6.45, 7) is 5.07. The van der Waals surface area contributed by atoms with Gasteiger partial charge in [-0.15, -0.1) is 0 Å². The number of nitrogens with one attached hydrogen (secondary N) is 3. The van der Waals surface area contributed by atoms with E-state index in [9.17, 15) is 9.59 Å². The van der Waals surface area contributed by atoms with Crippen LogP contribution in [-0.4, -0.2) is 38.9 Å². The number of benzene rings is 1. The molecule has 0 saturated heterocycles. The number of nitrogens with zero attached hydrogens (tertiary/aromatic N) is 2. The predicted octanol–water partition coefficient (Wildman–Crippen LogP) is 2.81. The fourth-order valence-corrected chi connectivity index (χ4v) is 3.96. The second-order valence-electron chi connectivity index (χ2n) is 7.83. The number of carbonyl (C=O) groups is 2. The lowest BCUT2D eigenvalue weighted by Gasteiger charge is -2.17. The molecule has 1 aromatic carbocycles. The Hall–Kier alpha value is -3.09. The first kappa shape index (κ1) is 19.2. The van der Waals surface area contributed by atoms with E-state index in [4.69, 9.17) is 0 Å². The van der Waals surface area contributed by atoms with E-state index >= 15 is 0 Å². The molecule has 0 radical (unpaired) electrons. The molecule has 4 rings (SSSR count). The number of rotatable bonds is 6. The molecule has 0 aliphatic carbocycles. The largest absolute Gasteiger partial charge is 0.361 e. The highest BCUT2D eigenvalue weighted by Gasteiger charge is 2.27. The third-order valence-electron chi connectivity index (χ3n) is 5.31. The van der Waals surface area contributed by atoms with Gasteiger partial charge >= 0.3 is 0 Å². The van der Waals surface area contributed by atoms with E-state index in [1.807, 2.05) is 42.8 Å². The molecule has 0 spiro atoms. The number of aromatic nitrogens is 3. The van der Waals surface area contributed by atoms with Crippen LogP contribution in [0.1, 0.15) is 59.1 Å². The number of para-hydroxylation sites is 1. The van der Waals surface area contributed by atoms with Crippen molar-refractivity contribution in [1.29, 1.82) is 0 Å². The zero-order valence-corrected chi connectivity index (χ0v) is 16.9.